The smallest absolute Gasteiger partial charge is 0.407 e. The highest BCUT2D eigenvalue weighted by molar-refractivity contribution is 5.67. The molecule has 0 fully saturated rings. The molecule has 2 N–H and O–H groups in total. The van der Waals surface area contributed by atoms with Crippen molar-refractivity contribution in [3.63, 3.8) is 0 Å². The zero-order valence-corrected chi connectivity index (χ0v) is 10.1. The van der Waals surface area contributed by atoms with Crippen LogP contribution in [-0.2, 0) is 11.2 Å². The van der Waals surface area contributed by atoms with E-state index < -0.39 is 0 Å². The first-order chi connectivity index (χ1) is 8.22. The Kier molecular flexibility index (Phi) is 5.93. The van der Waals surface area contributed by atoms with Gasteiger partial charge in [0.15, 0.2) is 0 Å². The van der Waals surface area contributed by atoms with Crippen molar-refractivity contribution < 1.29 is 14.6 Å². The first-order valence-electron chi connectivity index (χ1n) is 5.91. The first kappa shape index (κ1) is 13.4. The van der Waals surface area contributed by atoms with E-state index in [2.05, 4.69) is 5.32 Å². The van der Waals surface area contributed by atoms with E-state index in [1.165, 1.54) is 0 Å². The Morgan fingerprint density at radius 3 is 2.71 bits per heavy atom. The largest absolute Gasteiger partial charge is 0.508 e. The molecule has 0 saturated carbocycles. The van der Waals surface area contributed by atoms with E-state index in [-0.39, 0.29) is 11.8 Å². The minimum Gasteiger partial charge on any atom is -0.508 e. The number of phenolic OH excluding ortho intramolecular Hbond substituents is 1. The van der Waals surface area contributed by atoms with Crippen LogP contribution in [0.4, 0.5) is 4.79 Å². The summed E-state index contributed by atoms with van der Waals surface area (Å²) in [7, 11) is 0. The minimum atomic E-state index is -0.364. The molecule has 4 heteroatoms. The number of hydrogen-bond acceptors (Lipinski definition) is 3. The van der Waals surface area contributed by atoms with Gasteiger partial charge in [0, 0.05) is 6.54 Å². The van der Waals surface area contributed by atoms with E-state index in [1.54, 1.807) is 12.1 Å². The second kappa shape index (κ2) is 7.54. The molecule has 0 heterocycles. The Morgan fingerprint density at radius 1 is 1.35 bits per heavy atom. The molecule has 0 aliphatic carbocycles. The second-order valence-corrected chi connectivity index (χ2v) is 3.83. The number of nitrogens with one attached hydrogen (secondary N) is 1. The molecule has 0 bridgehead atoms. The fourth-order valence-electron chi connectivity index (χ4n) is 1.33. The normalized spacial score (nSPS) is 9.94. The van der Waals surface area contributed by atoms with Crippen LogP contribution in [0.1, 0.15) is 25.3 Å². The Morgan fingerprint density at radius 2 is 2.06 bits per heavy atom. The summed E-state index contributed by atoms with van der Waals surface area (Å²) in [4.78, 5) is 11.2. The summed E-state index contributed by atoms with van der Waals surface area (Å²) in [6.07, 6.45) is 2.27. The van der Waals surface area contributed by atoms with Gasteiger partial charge in [0.25, 0.3) is 0 Å². The van der Waals surface area contributed by atoms with Gasteiger partial charge in [0.05, 0.1) is 6.61 Å². The third-order valence-corrected chi connectivity index (χ3v) is 2.35. The number of aromatic hydroxyl groups is 1. The van der Waals surface area contributed by atoms with Gasteiger partial charge >= 0.3 is 6.09 Å². The maximum Gasteiger partial charge on any atom is 0.407 e. The van der Waals surface area contributed by atoms with E-state index in [0.717, 1.165) is 24.8 Å². The average Bonchev–Trinajstić information content (AvgIpc) is 2.32. The molecule has 0 atom stereocenters. The molecular weight excluding hydrogens is 218 g/mol. The van der Waals surface area contributed by atoms with Gasteiger partial charge in [-0.2, -0.15) is 0 Å². The molecule has 4 nitrogen and oxygen atoms in total. The number of carbonyl (C=O) groups is 1. The van der Waals surface area contributed by atoms with Gasteiger partial charge in [-0.1, -0.05) is 25.5 Å². The Bertz CT molecular complexity index is 335. The minimum absolute atomic E-state index is 0.251. The van der Waals surface area contributed by atoms with Crippen LogP contribution in [0, 0.1) is 0 Å². The Balaban J connectivity index is 2.14. The average molecular weight is 237 g/mol. The van der Waals surface area contributed by atoms with Crippen molar-refractivity contribution in [2.75, 3.05) is 13.2 Å². The number of hydrogen-bond donors (Lipinski definition) is 2. The van der Waals surface area contributed by atoms with E-state index >= 15 is 0 Å². The summed E-state index contributed by atoms with van der Waals surface area (Å²) in [6, 6.07) is 6.93. The molecule has 1 amide bonds. The molecule has 1 rings (SSSR count). The number of alkyl carbamates (subject to hydrolysis) is 1. The second-order valence-electron chi connectivity index (χ2n) is 3.83. The van der Waals surface area contributed by atoms with E-state index in [1.807, 2.05) is 19.1 Å². The summed E-state index contributed by atoms with van der Waals surface area (Å²) < 4.78 is 4.95. The van der Waals surface area contributed by atoms with Crippen molar-refractivity contribution in [3.8, 4) is 5.75 Å². The maximum absolute atomic E-state index is 11.2. The number of rotatable bonds is 6. The standard InChI is InChI=1S/C13H19NO3/c1-2-3-10-17-13(16)14-9-8-11-4-6-12(15)7-5-11/h4-7,15H,2-3,8-10H2,1H3,(H,14,16). The number of ether oxygens (including phenoxy) is 1. The fraction of sp³-hybridized carbons (Fsp3) is 0.462. The molecule has 0 aliphatic heterocycles. The lowest BCUT2D eigenvalue weighted by atomic mass is 10.1. The van der Waals surface area contributed by atoms with Gasteiger partial charge in [-0.3, -0.25) is 0 Å². The first-order valence-corrected chi connectivity index (χ1v) is 5.91. The van der Waals surface area contributed by atoms with Gasteiger partial charge in [-0.05, 0) is 30.5 Å². The molecule has 1 aromatic rings. The van der Waals surface area contributed by atoms with E-state index in [4.69, 9.17) is 9.84 Å². The molecule has 0 radical (unpaired) electrons. The third-order valence-electron chi connectivity index (χ3n) is 2.35. The molecule has 0 aliphatic rings. The molecule has 0 aromatic heterocycles. The lowest BCUT2D eigenvalue weighted by molar-refractivity contribution is 0.144. The zero-order valence-electron chi connectivity index (χ0n) is 10.1. The molecule has 94 valence electrons. The monoisotopic (exact) mass is 237 g/mol. The van der Waals surface area contributed by atoms with E-state index in [0.29, 0.717) is 13.2 Å². The number of carbonyl (C=O) groups excluding carboxylic acids is 1. The van der Waals surface area contributed by atoms with Crippen LogP contribution >= 0.6 is 0 Å². The van der Waals surface area contributed by atoms with Crippen LogP contribution in [0.15, 0.2) is 24.3 Å². The van der Waals surface area contributed by atoms with Crippen LogP contribution in [0.25, 0.3) is 0 Å². The van der Waals surface area contributed by atoms with Gasteiger partial charge in [0.2, 0.25) is 0 Å². The van der Waals surface area contributed by atoms with Crippen LogP contribution in [0.5, 0.6) is 5.75 Å². The molecule has 1 aromatic carbocycles. The van der Waals surface area contributed by atoms with Gasteiger partial charge in [-0.15, -0.1) is 0 Å². The number of amides is 1. The summed E-state index contributed by atoms with van der Waals surface area (Å²) >= 11 is 0. The Labute approximate surface area is 102 Å². The quantitative estimate of drug-likeness (QED) is 0.747. The van der Waals surface area contributed by atoms with Crippen molar-refractivity contribution in [3.05, 3.63) is 29.8 Å². The predicted octanol–water partition coefficient (Wildman–Crippen LogP) is 2.46. The van der Waals surface area contributed by atoms with Crippen LogP contribution in [-0.4, -0.2) is 24.4 Å². The predicted molar refractivity (Wildman–Crippen MR) is 66.1 cm³/mol. The summed E-state index contributed by atoms with van der Waals surface area (Å²) in [5.74, 6) is 0.251. The lowest BCUT2D eigenvalue weighted by Crippen LogP contribution is -2.26. The number of unbranched alkanes of at least 4 members (excludes halogenated alkanes) is 1. The van der Waals surface area contributed by atoms with Gasteiger partial charge < -0.3 is 15.2 Å². The Hall–Kier alpha value is -1.71. The maximum atomic E-state index is 11.2. The molecular formula is C13H19NO3. The lowest BCUT2D eigenvalue weighted by Gasteiger charge is -2.06. The van der Waals surface area contributed by atoms with Crippen molar-refractivity contribution in [1.29, 1.82) is 0 Å². The topological polar surface area (TPSA) is 58.6 Å². The van der Waals surface area contributed by atoms with E-state index in [9.17, 15) is 4.79 Å². The van der Waals surface area contributed by atoms with Crippen LogP contribution < -0.4 is 5.32 Å². The highest BCUT2D eigenvalue weighted by Gasteiger charge is 2.00. The summed E-state index contributed by atoms with van der Waals surface area (Å²) in [5.41, 5.74) is 1.07. The van der Waals surface area contributed by atoms with Crippen molar-refractivity contribution >= 4 is 6.09 Å². The SMILES string of the molecule is CCCCOC(=O)NCCc1ccc(O)cc1. The molecule has 0 spiro atoms. The molecule has 0 unspecified atom stereocenters. The highest BCUT2D eigenvalue weighted by atomic mass is 16.5. The van der Waals surface area contributed by atoms with Crippen LogP contribution in [0.2, 0.25) is 0 Å². The van der Waals surface area contributed by atoms with Crippen molar-refractivity contribution in [2.24, 2.45) is 0 Å². The third kappa shape index (κ3) is 5.80. The summed E-state index contributed by atoms with van der Waals surface area (Å²) in [5, 5.41) is 11.8. The number of benzene rings is 1. The van der Waals surface area contributed by atoms with Gasteiger partial charge in [-0.25, -0.2) is 4.79 Å². The fourth-order valence-corrected chi connectivity index (χ4v) is 1.33. The number of phenols is 1. The highest BCUT2D eigenvalue weighted by Crippen LogP contribution is 2.09. The molecule has 0 saturated heterocycles. The van der Waals surface area contributed by atoms with Crippen molar-refractivity contribution in [1.82, 2.24) is 5.32 Å². The summed E-state index contributed by atoms with van der Waals surface area (Å²) in [6.45, 7) is 3.06. The van der Waals surface area contributed by atoms with Crippen molar-refractivity contribution in [2.45, 2.75) is 26.2 Å². The van der Waals surface area contributed by atoms with Crippen LogP contribution in [0.3, 0.4) is 0 Å². The molecule has 17 heavy (non-hydrogen) atoms. The van der Waals surface area contributed by atoms with Gasteiger partial charge in [0.1, 0.15) is 5.75 Å². The zero-order chi connectivity index (χ0) is 12.5.